The van der Waals surface area contributed by atoms with E-state index in [0.29, 0.717) is 15.6 Å². The van der Waals surface area contributed by atoms with E-state index in [0.717, 1.165) is 19.4 Å². The van der Waals surface area contributed by atoms with Crippen molar-refractivity contribution in [2.24, 2.45) is 0 Å². The molecule has 0 aromatic heterocycles. The van der Waals surface area contributed by atoms with Gasteiger partial charge in [-0.1, -0.05) is 0 Å². The van der Waals surface area contributed by atoms with Crippen LogP contribution in [0.5, 0.6) is 5.75 Å². The molecule has 4 heteroatoms. The van der Waals surface area contributed by atoms with E-state index in [1.807, 2.05) is 6.92 Å². The fraction of sp³-hybridized carbons (Fsp3) is 0.500. The first-order valence-corrected chi connectivity index (χ1v) is 6.18. The minimum Gasteiger partial charge on any atom is -0.506 e. The van der Waals surface area contributed by atoms with E-state index in [1.54, 1.807) is 6.92 Å². The predicted molar refractivity (Wildman–Crippen MR) is 65.1 cm³/mol. The van der Waals surface area contributed by atoms with Gasteiger partial charge in [-0.3, -0.25) is 0 Å². The third-order valence-electron chi connectivity index (χ3n) is 3.37. The van der Waals surface area contributed by atoms with Crippen molar-refractivity contribution in [1.29, 1.82) is 0 Å². The van der Waals surface area contributed by atoms with Gasteiger partial charge in [-0.25, -0.2) is 4.39 Å². The molecule has 0 saturated carbocycles. The molecule has 2 rings (SSSR count). The summed E-state index contributed by atoms with van der Waals surface area (Å²) in [6, 6.07) is 1.31. The maximum Gasteiger partial charge on any atom is 0.135 e. The summed E-state index contributed by atoms with van der Waals surface area (Å²) in [6.07, 6.45) is 1.96. The number of phenolic OH excluding ortho intramolecular Hbond substituents is 1. The van der Waals surface area contributed by atoms with Crippen LogP contribution in [0.2, 0.25) is 0 Å². The minimum absolute atomic E-state index is 0.149. The van der Waals surface area contributed by atoms with E-state index in [1.165, 1.54) is 6.07 Å². The van der Waals surface area contributed by atoms with Crippen LogP contribution in [0.25, 0.3) is 0 Å². The van der Waals surface area contributed by atoms with Gasteiger partial charge in [0.25, 0.3) is 0 Å². The molecule has 1 saturated heterocycles. The first kappa shape index (κ1) is 11.9. The second-order valence-electron chi connectivity index (χ2n) is 4.55. The van der Waals surface area contributed by atoms with Crippen LogP contribution >= 0.6 is 15.9 Å². The smallest absolute Gasteiger partial charge is 0.135 e. The number of aromatic hydroxyl groups is 1. The number of halogens is 2. The van der Waals surface area contributed by atoms with Gasteiger partial charge in [-0.2, -0.15) is 0 Å². The maximum atomic E-state index is 13.7. The van der Waals surface area contributed by atoms with Gasteiger partial charge in [0.05, 0.1) is 4.47 Å². The molecule has 0 amide bonds. The molecule has 1 aromatic carbocycles. The van der Waals surface area contributed by atoms with E-state index >= 15 is 0 Å². The van der Waals surface area contributed by atoms with Gasteiger partial charge in [0.2, 0.25) is 0 Å². The van der Waals surface area contributed by atoms with Crippen LogP contribution in [0.15, 0.2) is 10.5 Å². The van der Waals surface area contributed by atoms with Crippen molar-refractivity contribution < 1.29 is 9.50 Å². The summed E-state index contributed by atoms with van der Waals surface area (Å²) in [6.45, 7) is 4.62. The summed E-state index contributed by atoms with van der Waals surface area (Å²) < 4.78 is 14.1. The zero-order valence-electron chi connectivity index (χ0n) is 9.40. The highest BCUT2D eigenvalue weighted by Crippen LogP contribution is 2.42. The Morgan fingerprint density at radius 2 is 2.25 bits per heavy atom. The van der Waals surface area contributed by atoms with Crippen LogP contribution in [0.4, 0.5) is 4.39 Å². The minimum atomic E-state index is -0.321. The lowest BCUT2D eigenvalue weighted by Crippen LogP contribution is -2.34. The molecule has 1 aliphatic heterocycles. The summed E-state index contributed by atoms with van der Waals surface area (Å²) in [5.41, 5.74) is 0.883. The molecule has 2 N–H and O–H groups in total. The van der Waals surface area contributed by atoms with Crippen LogP contribution < -0.4 is 5.32 Å². The van der Waals surface area contributed by atoms with Crippen molar-refractivity contribution in [2.75, 3.05) is 6.54 Å². The zero-order valence-corrected chi connectivity index (χ0v) is 11.0. The van der Waals surface area contributed by atoms with Gasteiger partial charge in [0.1, 0.15) is 11.6 Å². The highest BCUT2D eigenvalue weighted by atomic mass is 79.9. The summed E-state index contributed by atoms with van der Waals surface area (Å²) in [5, 5.41) is 13.4. The second-order valence-corrected chi connectivity index (χ2v) is 5.41. The highest BCUT2D eigenvalue weighted by Gasteiger charge is 2.35. The third kappa shape index (κ3) is 1.74. The Morgan fingerprint density at radius 1 is 1.56 bits per heavy atom. The number of benzene rings is 1. The Morgan fingerprint density at radius 3 is 2.81 bits per heavy atom. The second kappa shape index (κ2) is 4.00. The van der Waals surface area contributed by atoms with Crippen molar-refractivity contribution in [3.8, 4) is 5.75 Å². The first-order chi connectivity index (χ1) is 7.46. The van der Waals surface area contributed by atoms with Gasteiger partial charge >= 0.3 is 0 Å². The molecule has 1 atom stereocenters. The molecular formula is C12H15BrFNO. The molecular weight excluding hydrogens is 273 g/mol. The molecule has 2 nitrogen and oxygen atoms in total. The third-order valence-corrected chi connectivity index (χ3v) is 3.97. The predicted octanol–water partition coefficient (Wildman–Crippen LogP) is 3.20. The average molecular weight is 288 g/mol. The average Bonchev–Trinajstić information content (AvgIpc) is 2.63. The molecule has 1 fully saturated rings. The number of rotatable bonds is 1. The van der Waals surface area contributed by atoms with E-state index < -0.39 is 0 Å². The topological polar surface area (TPSA) is 32.3 Å². The molecule has 0 spiro atoms. The largest absolute Gasteiger partial charge is 0.506 e. The SMILES string of the molecule is Cc1c(F)cc(Br)c(O)c1C1(C)CCCN1. The lowest BCUT2D eigenvalue weighted by molar-refractivity contribution is 0.386. The van der Waals surface area contributed by atoms with Crippen molar-refractivity contribution >= 4 is 15.9 Å². The van der Waals surface area contributed by atoms with Crippen LogP contribution in [-0.2, 0) is 5.54 Å². The standard InChI is InChI=1S/C12H15BrFNO/c1-7-9(14)6-8(13)11(16)10(7)12(2)4-3-5-15-12/h6,15-16H,3-5H2,1-2H3. The Bertz CT molecular complexity index is 401. The zero-order chi connectivity index (χ0) is 11.9. The molecule has 88 valence electrons. The van der Waals surface area contributed by atoms with Crippen molar-refractivity contribution in [3.05, 3.63) is 27.5 Å². The molecule has 1 aliphatic rings. The molecule has 16 heavy (non-hydrogen) atoms. The molecule has 1 unspecified atom stereocenters. The van der Waals surface area contributed by atoms with Crippen LogP contribution in [0, 0.1) is 12.7 Å². The Kier molecular flexibility index (Phi) is 2.97. The van der Waals surface area contributed by atoms with E-state index in [4.69, 9.17) is 0 Å². The normalized spacial score (nSPS) is 25.0. The van der Waals surface area contributed by atoms with Crippen molar-refractivity contribution in [2.45, 2.75) is 32.2 Å². The quantitative estimate of drug-likeness (QED) is 0.831. The van der Waals surface area contributed by atoms with E-state index in [2.05, 4.69) is 21.2 Å². The Hall–Kier alpha value is -0.610. The van der Waals surface area contributed by atoms with E-state index in [9.17, 15) is 9.50 Å². The summed E-state index contributed by atoms with van der Waals surface area (Å²) in [5.74, 6) is -0.134. The fourth-order valence-corrected chi connectivity index (χ4v) is 2.89. The summed E-state index contributed by atoms with van der Waals surface area (Å²) in [4.78, 5) is 0. The lowest BCUT2D eigenvalue weighted by Gasteiger charge is -2.28. The Balaban J connectivity index is 2.63. The van der Waals surface area contributed by atoms with Gasteiger partial charge in [-0.05, 0) is 60.8 Å². The van der Waals surface area contributed by atoms with Gasteiger partial charge in [0, 0.05) is 11.1 Å². The van der Waals surface area contributed by atoms with Crippen molar-refractivity contribution in [3.63, 3.8) is 0 Å². The molecule has 1 heterocycles. The van der Waals surface area contributed by atoms with Crippen LogP contribution in [0.1, 0.15) is 30.9 Å². The number of nitrogens with one attached hydrogen (secondary N) is 1. The van der Waals surface area contributed by atoms with Gasteiger partial charge in [0.15, 0.2) is 0 Å². The molecule has 0 radical (unpaired) electrons. The highest BCUT2D eigenvalue weighted by molar-refractivity contribution is 9.10. The van der Waals surface area contributed by atoms with Crippen LogP contribution in [-0.4, -0.2) is 11.7 Å². The fourth-order valence-electron chi connectivity index (χ4n) is 2.49. The van der Waals surface area contributed by atoms with Gasteiger partial charge in [-0.15, -0.1) is 0 Å². The van der Waals surface area contributed by atoms with Crippen LogP contribution in [0.3, 0.4) is 0 Å². The molecule has 1 aromatic rings. The maximum absolute atomic E-state index is 13.7. The molecule has 0 aliphatic carbocycles. The number of hydrogen-bond acceptors (Lipinski definition) is 2. The number of phenols is 1. The lowest BCUT2D eigenvalue weighted by atomic mass is 9.86. The first-order valence-electron chi connectivity index (χ1n) is 5.39. The van der Waals surface area contributed by atoms with E-state index in [-0.39, 0.29) is 17.1 Å². The monoisotopic (exact) mass is 287 g/mol. The molecule has 0 bridgehead atoms. The summed E-state index contributed by atoms with van der Waals surface area (Å²) in [7, 11) is 0. The van der Waals surface area contributed by atoms with Crippen molar-refractivity contribution in [1.82, 2.24) is 5.32 Å². The van der Waals surface area contributed by atoms with Gasteiger partial charge < -0.3 is 10.4 Å². The summed E-state index contributed by atoms with van der Waals surface area (Å²) >= 11 is 3.18. The Labute approximate surface area is 103 Å². The number of hydrogen-bond donors (Lipinski definition) is 2.